The Hall–Kier alpha value is -2.34. The van der Waals surface area contributed by atoms with Gasteiger partial charge in [-0.25, -0.2) is 0 Å². The van der Waals surface area contributed by atoms with Gasteiger partial charge in [-0.1, -0.05) is 54.2 Å². The van der Waals surface area contributed by atoms with E-state index in [1.54, 1.807) is 0 Å². The highest BCUT2D eigenvalue weighted by atomic mass is 32.2. The highest BCUT2D eigenvalue weighted by Crippen LogP contribution is 2.30. The van der Waals surface area contributed by atoms with Gasteiger partial charge in [-0.2, -0.15) is 13.2 Å². The van der Waals surface area contributed by atoms with Crippen molar-refractivity contribution in [1.82, 2.24) is 10.2 Å². The van der Waals surface area contributed by atoms with E-state index in [1.807, 2.05) is 42.5 Å². The highest BCUT2D eigenvalue weighted by Gasteiger charge is 2.29. The van der Waals surface area contributed by atoms with Crippen LogP contribution in [0.3, 0.4) is 0 Å². The van der Waals surface area contributed by atoms with Gasteiger partial charge in [0.1, 0.15) is 5.03 Å². The van der Waals surface area contributed by atoms with Crippen LogP contribution in [0.1, 0.15) is 11.1 Å². The molecule has 0 saturated heterocycles. The van der Waals surface area contributed by atoms with Crippen LogP contribution in [-0.4, -0.2) is 10.2 Å². The summed E-state index contributed by atoms with van der Waals surface area (Å²) in [5.74, 6) is 0.539. The topological polar surface area (TPSA) is 25.8 Å². The molecule has 0 unspecified atom stereocenters. The van der Waals surface area contributed by atoms with Crippen molar-refractivity contribution in [2.45, 2.75) is 17.0 Å². The second-order valence-electron chi connectivity index (χ2n) is 5.11. The summed E-state index contributed by atoms with van der Waals surface area (Å²) in [4.78, 5) is 0. The van der Waals surface area contributed by atoms with Gasteiger partial charge in [0.15, 0.2) is 0 Å². The first-order valence-corrected chi connectivity index (χ1v) is 8.19. The SMILES string of the molecule is FC(F)(F)c1ccc(CSc2ccc(-c3ccccc3)nn2)cc1. The van der Waals surface area contributed by atoms with Crippen molar-refractivity contribution >= 4 is 11.8 Å². The highest BCUT2D eigenvalue weighted by molar-refractivity contribution is 7.98. The molecule has 0 bridgehead atoms. The Kier molecular flexibility index (Phi) is 4.85. The van der Waals surface area contributed by atoms with E-state index in [-0.39, 0.29) is 0 Å². The fraction of sp³-hybridized carbons (Fsp3) is 0.111. The molecule has 1 heterocycles. The molecule has 0 spiro atoms. The lowest BCUT2D eigenvalue weighted by molar-refractivity contribution is -0.137. The number of thioether (sulfide) groups is 1. The number of aromatic nitrogens is 2. The van der Waals surface area contributed by atoms with E-state index in [9.17, 15) is 13.2 Å². The first-order chi connectivity index (χ1) is 11.5. The Balaban J connectivity index is 1.63. The maximum atomic E-state index is 12.5. The number of hydrogen-bond acceptors (Lipinski definition) is 3. The van der Waals surface area contributed by atoms with E-state index in [1.165, 1.54) is 23.9 Å². The van der Waals surface area contributed by atoms with Gasteiger partial charge in [0, 0.05) is 11.3 Å². The lowest BCUT2D eigenvalue weighted by Gasteiger charge is -2.07. The molecule has 0 radical (unpaired) electrons. The third-order valence-electron chi connectivity index (χ3n) is 3.38. The zero-order valence-corrected chi connectivity index (χ0v) is 13.3. The molecule has 3 aromatic rings. The zero-order chi connectivity index (χ0) is 17.0. The molecule has 3 rings (SSSR count). The van der Waals surface area contributed by atoms with Gasteiger partial charge in [0.2, 0.25) is 0 Å². The van der Waals surface area contributed by atoms with Crippen LogP contribution in [0, 0.1) is 0 Å². The van der Waals surface area contributed by atoms with Crippen LogP contribution in [0.2, 0.25) is 0 Å². The molecule has 0 aliphatic carbocycles. The Labute approximate surface area is 141 Å². The van der Waals surface area contributed by atoms with Crippen LogP contribution < -0.4 is 0 Å². The molecular weight excluding hydrogens is 333 g/mol. The molecule has 24 heavy (non-hydrogen) atoms. The van der Waals surface area contributed by atoms with Gasteiger partial charge in [0.25, 0.3) is 0 Å². The van der Waals surface area contributed by atoms with Crippen molar-refractivity contribution in [3.8, 4) is 11.3 Å². The maximum absolute atomic E-state index is 12.5. The smallest absolute Gasteiger partial charge is 0.166 e. The minimum atomic E-state index is -4.30. The quantitative estimate of drug-likeness (QED) is 0.587. The van der Waals surface area contributed by atoms with Gasteiger partial charge >= 0.3 is 6.18 Å². The summed E-state index contributed by atoms with van der Waals surface area (Å²) in [5, 5.41) is 9.08. The van der Waals surface area contributed by atoms with E-state index < -0.39 is 11.7 Å². The van der Waals surface area contributed by atoms with Crippen LogP contribution in [0.25, 0.3) is 11.3 Å². The number of benzene rings is 2. The van der Waals surface area contributed by atoms with Crippen LogP contribution in [0.4, 0.5) is 13.2 Å². The normalized spacial score (nSPS) is 11.5. The van der Waals surface area contributed by atoms with E-state index >= 15 is 0 Å². The van der Waals surface area contributed by atoms with E-state index in [4.69, 9.17) is 0 Å². The van der Waals surface area contributed by atoms with Gasteiger partial charge < -0.3 is 0 Å². The first-order valence-electron chi connectivity index (χ1n) is 7.20. The average molecular weight is 346 g/mol. The van der Waals surface area contributed by atoms with E-state index in [2.05, 4.69) is 10.2 Å². The number of alkyl halides is 3. The van der Waals surface area contributed by atoms with Crippen LogP contribution >= 0.6 is 11.8 Å². The Morgan fingerprint density at radius 2 is 1.50 bits per heavy atom. The first kappa shape index (κ1) is 16.5. The fourth-order valence-corrected chi connectivity index (χ4v) is 2.88. The van der Waals surface area contributed by atoms with E-state index in [0.29, 0.717) is 5.75 Å². The van der Waals surface area contributed by atoms with Gasteiger partial charge in [-0.15, -0.1) is 10.2 Å². The Bertz CT molecular complexity index is 785. The van der Waals surface area contributed by atoms with Crippen molar-refractivity contribution in [3.63, 3.8) is 0 Å². The summed E-state index contributed by atoms with van der Waals surface area (Å²) in [6.07, 6.45) is -4.30. The molecule has 2 aromatic carbocycles. The monoisotopic (exact) mass is 346 g/mol. The summed E-state index contributed by atoms with van der Waals surface area (Å²) in [6, 6.07) is 18.6. The van der Waals surface area contributed by atoms with Crippen LogP contribution in [-0.2, 0) is 11.9 Å². The summed E-state index contributed by atoms with van der Waals surface area (Å²) in [6.45, 7) is 0. The van der Waals surface area contributed by atoms with Crippen molar-refractivity contribution < 1.29 is 13.2 Å². The minimum Gasteiger partial charge on any atom is -0.166 e. The molecule has 6 heteroatoms. The lowest BCUT2D eigenvalue weighted by atomic mass is 10.1. The van der Waals surface area contributed by atoms with Gasteiger partial charge in [-0.05, 0) is 29.8 Å². The summed E-state index contributed by atoms with van der Waals surface area (Å²) in [7, 11) is 0. The van der Waals surface area contributed by atoms with Crippen LogP contribution in [0.5, 0.6) is 0 Å². The second-order valence-corrected chi connectivity index (χ2v) is 6.10. The van der Waals surface area contributed by atoms with Gasteiger partial charge in [-0.3, -0.25) is 0 Å². The molecule has 2 nitrogen and oxygen atoms in total. The number of hydrogen-bond donors (Lipinski definition) is 0. The van der Waals surface area contributed by atoms with E-state index in [0.717, 1.165) is 34.0 Å². The average Bonchev–Trinajstić information content (AvgIpc) is 2.61. The summed E-state index contributed by atoms with van der Waals surface area (Å²) >= 11 is 1.44. The molecule has 0 aliphatic heterocycles. The summed E-state index contributed by atoms with van der Waals surface area (Å²) in [5.41, 5.74) is 1.95. The molecule has 0 aliphatic rings. The summed E-state index contributed by atoms with van der Waals surface area (Å²) < 4.78 is 37.6. The largest absolute Gasteiger partial charge is 0.416 e. The molecular formula is C18H13F3N2S. The molecule has 0 atom stereocenters. The van der Waals surface area contributed by atoms with Gasteiger partial charge in [0.05, 0.1) is 11.3 Å². The number of rotatable bonds is 4. The lowest BCUT2D eigenvalue weighted by Crippen LogP contribution is -2.04. The van der Waals surface area contributed by atoms with Crippen molar-refractivity contribution in [3.05, 3.63) is 77.9 Å². The molecule has 0 fully saturated rings. The maximum Gasteiger partial charge on any atom is 0.416 e. The van der Waals surface area contributed by atoms with Crippen LogP contribution in [0.15, 0.2) is 71.8 Å². The van der Waals surface area contributed by atoms with Crippen molar-refractivity contribution in [2.24, 2.45) is 0 Å². The predicted octanol–water partition coefficient (Wildman–Crippen LogP) is 5.45. The zero-order valence-electron chi connectivity index (χ0n) is 12.5. The third-order valence-corrected chi connectivity index (χ3v) is 4.37. The number of halogens is 3. The molecule has 122 valence electrons. The molecule has 1 aromatic heterocycles. The standard InChI is InChI=1S/C18H13F3N2S/c19-18(20,21)15-8-6-13(7-9-15)12-24-17-11-10-16(22-23-17)14-4-2-1-3-5-14/h1-11H,12H2. The Morgan fingerprint density at radius 3 is 2.08 bits per heavy atom. The fourth-order valence-electron chi connectivity index (χ4n) is 2.11. The Morgan fingerprint density at radius 1 is 0.792 bits per heavy atom. The minimum absolute atomic E-state index is 0.539. The molecule has 0 amide bonds. The predicted molar refractivity (Wildman–Crippen MR) is 88.5 cm³/mol. The third kappa shape index (κ3) is 4.14. The molecule has 0 saturated carbocycles. The number of nitrogens with zero attached hydrogens (tertiary/aromatic N) is 2. The molecule has 0 N–H and O–H groups in total. The van der Waals surface area contributed by atoms with Crippen molar-refractivity contribution in [2.75, 3.05) is 0 Å². The second kappa shape index (κ2) is 7.05. The van der Waals surface area contributed by atoms with Crippen molar-refractivity contribution in [1.29, 1.82) is 0 Å².